The molecule has 7 heteroatoms. The van der Waals surface area contributed by atoms with Gasteiger partial charge in [-0.05, 0) is 47.7 Å². The topological polar surface area (TPSA) is 55.4 Å². The number of anilines is 1. The lowest BCUT2D eigenvalue weighted by atomic mass is 9.87. The van der Waals surface area contributed by atoms with Gasteiger partial charge in [0.15, 0.2) is 0 Å². The summed E-state index contributed by atoms with van der Waals surface area (Å²) in [6, 6.07) is 9.79. The molecule has 26 heavy (non-hydrogen) atoms. The summed E-state index contributed by atoms with van der Waals surface area (Å²) < 4.78 is 34.2. The maximum Gasteiger partial charge on any atom is 0.265 e. The highest BCUT2D eigenvalue weighted by molar-refractivity contribution is 7.92. The fourth-order valence-electron chi connectivity index (χ4n) is 2.34. The highest BCUT2D eigenvalue weighted by Crippen LogP contribution is 2.33. The van der Waals surface area contributed by atoms with Gasteiger partial charge in [-0.3, -0.25) is 4.72 Å². The van der Waals surface area contributed by atoms with Crippen molar-refractivity contribution in [2.45, 2.75) is 44.4 Å². The van der Waals surface area contributed by atoms with E-state index < -0.39 is 10.0 Å². The number of sulfonamides is 1. The van der Waals surface area contributed by atoms with E-state index in [1.807, 2.05) is 33.8 Å². The smallest absolute Gasteiger partial charge is 0.265 e. The number of nitrogens with one attached hydrogen (secondary N) is 1. The average Bonchev–Trinajstić information content (AvgIpc) is 2.50. The van der Waals surface area contributed by atoms with E-state index in [0.29, 0.717) is 28.1 Å². The maximum absolute atomic E-state index is 13.0. The van der Waals surface area contributed by atoms with Crippen molar-refractivity contribution >= 4 is 38.9 Å². The molecule has 0 aliphatic carbocycles. The lowest BCUT2D eigenvalue weighted by Gasteiger charge is -2.21. The summed E-state index contributed by atoms with van der Waals surface area (Å²) >= 11 is 11.9. The summed E-state index contributed by atoms with van der Waals surface area (Å²) in [5.41, 5.74) is 0.989. The molecule has 0 spiro atoms. The number of rotatable bonds is 6. The second-order valence-electron chi connectivity index (χ2n) is 7.02. The third-order valence-electron chi connectivity index (χ3n) is 3.68. The molecule has 4 nitrogen and oxygen atoms in total. The molecule has 2 aromatic rings. The maximum atomic E-state index is 13.0. The van der Waals surface area contributed by atoms with Crippen LogP contribution in [0.15, 0.2) is 41.3 Å². The molecule has 142 valence electrons. The first-order chi connectivity index (χ1) is 12.0. The van der Waals surface area contributed by atoms with E-state index >= 15 is 0 Å². The van der Waals surface area contributed by atoms with Gasteiger partial charge < -0.3 is 4.74 Å². The molecular weight excluding hydrogens is 393 g/mol. The van der Waals surface area contributed by atoms with Crippen molar-refractivity contribution in [3.05, 3.63) is 52.0 Å². The zero-order chi connectivity index (χ0) is 19.5. The Morgan fingerprint density at radius 1 is 1.04 bits per heavy atom. The standard InChI is InChI=1S/C19H23Cl2NO3S/c1-5-8-25-17-7-6-13(19(2,3)4)9-18(17)26(23,24)22-16-11-14(20)10-15(21)12-16/h6-7,9-12,22H,5,8H2,1-4H3. The van der Waals surface area contributed by atoms with E-state index in [4.69, 9.17) is 27.9 Å². The Morgan fingerprint density at radius 2 is 1.65 bits per heavy atom. The molecule has 0 atom stereocenters. The average molecular weight is 416 g/mol. The molecule has 0 aliphatic rings. The Bertz CT molecular complexity index is 870. The van der Waals surface area contributed by atoms with Crippen LogP contribution in [0.25, 0.3) is 0 Å². The van der Waals surface area contributed by atoms with Gasteiger partial charge in [-0.25, -0.2) is 8.42 Å². The van der Waals surface area contributed by atoms with E-state index in [-0.39, 0.29) is 10.3 Å². The quantitative estimate of drug-likeness (QED) is 0.640. The van der Waals surface area contributed by atoms with Crippen LogP contribution in [0.4, 0.5) is 5.69 Å². The summed E-state index contributed by atoms with van der Waals surface area (Å²) in [4.78, 5) is 0.0921. The van der Waals surface area contributed by atoms with Gasteiger partial charge in [0.1, 0.15) is 10.6 Å². The Hall–Kier alpha value is -1.43. The van der Waals surface area contributed by atoms with Crippen LogP contribution < -0.4 is 9.46 Å². The van der Waals surface area contributed by atoms with Gasteiger partial charge in [0.2, 0.25) is 0 Å². The Kier molecular flexibility index (Phi) is 6.48. The fraction of sp³-hybridized carbons (Fsp3) is 0.368. The first-order valence-corrected chi connectivity index (χ1v) is 10.5. The van der Waals surface area contributed by atoms with Crippen LogP contribution in [0.2, 0.25) is 10.0 Å². The summed E-state index contributed by atoms with van der Waals surface area (Å²) in [6.07, 6.45) is 0.776. The molecule has 1 N–H and O–H groups in total. The van der Waals surface area contributed by atoms with Crippen LogP contribution in [-0.4, -0.2) is 15.0 Å². The number of hydrogen-bond donors (Lipinski definition) is 1. The van der Waals surface area contributed by atoms with Gasteiger partial charge in [-0.1, -0.05) is 57.0 Å². The summed E-state index contributed by atoms with van der Waals surface area (Å²) in [5.74, 6) is 0.320. The lowest BCUT2D eigenvalue weighted by molar-refractivity contribution is 0.309. The number of benzene rings is 2. The molecule has 0 saturated carbocycles. The van der Waals surface area contributed by atoms with Gasteiger partial charge in [0.25, 0.3) is 10.0 Å². The Labute approximate surface area is 165 Å². The predicted molar refractivity (Wildman–Crippen MR) is 108 cm³/mol. The molecule has 0 aliphatic heterocycles. The second-order valence-corrected chi connectivity index (χ2v) is 9.55. The third kappa shape index (κ3) is 5.29. The van der Waals surface area contributed by atoms with Gasteiger partial charge >= 0.3 is 0 Å². The van der Waals surface area contributed by atoms with Crippen molar-refractivity contribution in [1.29, 1.82) is 0 Å². The van der Waals surface area contributed by atoms with E-state index in [9.17, 15) is 8.42 Å². The van der Waals surface area contributed by atoms with Crippen molar-refractivity contribution in [3.8, 4) is 5.75 Å². The minimum absolute atomic E-state index is 0.0921. The predicted octanol–water partition coefficient (Wildman–Crippen LogP) is 5.88. The first-order valence-electron chi connectivity index (χ1n) is 8.29. The molecular formula is C19H23Cl2NO3S. The summed E-state index contributed by atoms with van der Waals surface area (Å²) in [6.45, 7) is 8.46. The molecule has 2 rings (SSSR count). The third-order valence-corrected chi connectivity index (χ3v) is 5.51. The highest BCUT2D eigenvalue weighted by Gasteiger charge is 2.24. The minimum atomic E-state index is -3.88. The van der Waals surface area contributed by atoms with E-state index in [1.165, 1.54) is 18.2 Å². The van der Waals surface area contributed by atoms with Crippen molar-refractivity contribution in [2.75, 3.05) is 11.3 Å². The molecule has 0 unspecified atom stereocenters. The number of ether oxygens (including phenoxy) is 1. The monoisotopic (exact) mass is 415 g/mol. The highest BCUT2D eigenvalue weighted by atomic mass is 35.5. The zero-order valence-corrected chi connectivity index (χ0v) is 17.6. The van der Waals surface area contributed by atoms with Crippen molar-refractivity contribution < 1.29 is 13.2 Å². The van der Waals surface area contributed by atoms with Gasteiger partial charge in [-0.15, -0.1) is 0 Å². The fourth-order valence-corrected chi connectivity index (χ4v) is 4.08. The van der Waals surface area contributed by atoms with Crippen LogP contribution in [0.1, 0.15) is 39.7 Å². The van der Waals surface area contributed by atoms with Gasteiger partial charge in [0, 0.05) is 10.0 Å². The molecule has 2 aromatic carbocycles. The van der Waals surface area contributed by atoms with Crippen molar-refractivity contribution in [2.24, 2.45) is 0 Å². The number of halogens is 2. The lowest BCUT2D eigenvalue weighted by Crippen LogP contribution is -2.17. The summed E-state index contributed by atoms with van der Waals surface area (Å²) in [7, 11) is -3.88. The Morgan fingerprint density at radius 3 is 2.19 bits per heavy atom. The molecule has 0 amide bonds. The van der Waals surface area contributed by atoms with Crippen LogP contribution in [0.5, 0.6) is 5.75 Å². The van der Waals surface area contributed by atoms with Crippen LogP contribution in [0.3, 0.4) is 0 Å². The summed E-state index contributed by atoms with van der Waals surface area (Å²) in [5, 5.41) is 0.696. The molecule has 0 saturated heterocycles. The Balaban J connectivity index is 2.50. The van der Waals surface area contributed by atoms with E-state index in [1.54, 1.807) is 12.1 Å². The molecule has 0 radical (unpaired) electrons. The van der Waals surface area contributed by atoms with Crippen LogP contribution in [0, 0.1) is 0 Å². The minimum Gasteiger partial charge on any atom is -0.492 e. The zero-order valence-electron chi connectivity index (χ0n) is 15.3. The number of hydrogen-bond acceptors (Lipinski definition) is 3. The molecule has 0 aromatic heterocycles. The largest absolute Gasteiger partial charge is 0.492 e. The van der Waals surface area contributed by atoms with Gasteiger partial charge in [0.05, 0.1) is 12.3 Å². The normalized spacial score (nSPS) is 12.1. The molecule has 0 heterocycles. The molecule has 0 bridgehead atoms. The van der Waals surface area contributed by atoms with E-state index in [2.05, 4.69) is 4.72 Å². The van der Waals surface area contributed by atoms with Crippen molar-refractivity contribution in [1.82, 2.24) is 0 Å². The van der Waals surface area contributed by atoms with Gasteiger partial charge in [-0.2, -0.15) is 0 Å². The van der Waals surface area contributed by atoms with Crippen LogP contribution >= 0.6 is 23.2 Å². The second kappa shape index (κ2) is 8.07. The SMILES string of the molecule is CCCOc1ccc(C(C)(C)C)cc1S(=O)(=O)Nc1cc(Cl)cc(Cl)c1. The first kappa shape index (κ1) is 20.9. The van der Waals surface area contributed by atoms with E-state index in [0.717, 1.165) is 12.0 Å². The van der Waals surface area contributed by atoms with Crippen LogP contribution in [-0.2, 0) is 15.4 Å². The van der Waals surface area contributed by atoms with Crippen molar-refractivity contribution in [3.63, 3.8) is 0 Å². The molecule has 0 fully saturated rings.